The van der Waals surface area contributed by atoms with Gasteiger partial charge in [-0.1, -0.05) is 6.42 Å². The van der Waals surface area contributed by atoms with Crippen molar-refractivity contribution in [2.24, 2.45) is 0 Å². The molecule has 1 aliphatic rings. The lowest BCUT2D eigenvalue weighted by Crippen LogP contribution is -2.43. The Kier molecular flexibility index (Phi) is 7.56. The molecule has 0 radical (unpaired) electrons. The van der Waals surface area contributed by atoms with Gasteiger partial charge in [-0.15, -0.1) is 0 Å². The van der Waals surface area contributed by atoms with Crippen molar-refractivity contribution in [2.45, 2.75) is 56.9 Å². The van der Waals surface area contributed by atoms with Crippen LogP contribution in [-0.4, -0.2) is 48.1 Å². The number of nitrogens with one attached hydrogen (secondary N) is 1. The van der Waals surface area contributed by atoms with Gasteiger partial charge in [0, 0.05) is 24.9 Å². The maximum absolute atomic E-state index is 11.6. The van der Waals surface area contributed by atoms with Crippen molar-refractivity contribution < 1.29 is 23.9 Å². The average molecular weight is 317 g/mol. The van der Waals surface area contributed by atoms with Gasteiger partial charge in [0.1, 0.15) is 12.1 Å². The molecule has 21 heavy (non-hydrogen) atoms. The largest absolute Gasteiger partial charge is 0.467 e. The van der Waals surface area contributed by atoms with E-state index in [0.29, 0.717) is 5.75 Å². The lowest BCUT2D eigenvalue weighted by Gasteiger charge is -2.31. The Morgan fingerprint density at radius 1 is 1.24 bits per heavy atom. The number of esters is 2. The predicted octanol–water partition coefficient (Wildman–Crippen LogP) is 1.27. The third kappa shape index (κ3) is 6.37. The Morgan fingerprint density at radius 3 is 2.48 bits per heavy atom. The van der Waals surface area contributed by atoms with Gasteiger partial charge in [0.25, 0.3) is 0 Å². The molecule has 1 N–H and O–H groups in total. The number of hydrogen-bond donors (Lipinski definition) is 1. The standard InChI is InChI=1S/C14H23NO5S/c1-9(16)15-11(14(18)19-3)8-21-13-7-5-4-6-12(13)20-10(2)17/h11-13H,4-8H2,1-3H3,(H,15,16). The molecule has 120 valence electrons. The summed E-state index contributed by atoms with van der Waals surface area (Å²) in [6.07, 6.45) is 3.80. The van der Waals surface area contributed by atoms with Crippen LogP contribution in [0.4, 0.5) is 0 Å². The first-order chi connectivity index (χ1) is 9.93. The van der Waals surface area contributed by atoms with Crippen LogP contribution in [0.15, 0.2) is 0 Å². The molecular weight excluding hydrogens is 294 g/mol. The number of amides is 1. The second-order valence-corrected chi connectivity index (χ2v) is 6.35. The fraction of sp³-hybridized carbons (Fsp3) is 0.786. The van der Waals surface area contributed by atoms with E-state index < -0.39 is 12.0 Å². The van der Waals surface area contributed by atoms with E-state index >= 15 is 0 Å². The van der Waals surface area contributed by atoms with Gasteiger partial charge in [0.2, 0.25) is 5.91 Å². The SMILES string of the molecule is COC(=O)C(CSC1CCCCC1OC(C)=O)NC(C)=O. The van der Waals surface area contributed by atoms with Gasteiger partial charge in [-0.2, -0.15) is 11.8 Å². The molecule has 0 bridgehead atoms. The lowest BCUT2D eigenvalue weighted by molar-refractivity contribution is -0.147. The first-order valence-corrected chi connectivity index (χ1v) is 8.12. The minimum absolute atomic E-state index is 0.114. The summed E-state index contributed by atoms with van der Waals surface area (Å²) in [6.45, 7) is 2.77. The summed E-state index contributed by atoms with van der Waals surface area (Å²) in [5, 5.41) is 2.74. The Morgan fingerprint density at radius 2 is 1.90 bits per heavy atom. The van der Waals surface area contributed by atoms with Crippen LogP contribution in [0.2, 0.25) is 0 Å². The van der Waals surface area contributed by atoms with Crippen molar-refractivity contribution in [3.8, 4) is 0 Å². The van der Waals surface area contributed by atoms with E-state index in [2.05, 4.69) is 5.32 Å². The van der Waals surface area contributed by atoms with Gasteiger partial charge in [0.05, 0.1) is 7.11 Å². The molecule has 7 heteroatoms. The van der Waals surface area contributed by atoms with Crippen molar-refractivity contribution in [1.29, 1.82) is 0 Å². The molecule has 0 aliphatic heterocycles. The number of rotatable bonds is 6. The molecular formula is C14H23NO5S. The number of thioether (sulfide) groups is 1. The third-order valence-electron chi connectivity index (χ3n) is 3.30. The first-order valence-electron chi connectivity index (χ1n) is 7.07. The van der Waals surface area contributed by atoms with E-state index in [4.69, 9.17) is 9.47 Å². The quantitative estimate of drug-likeness (QED) is 0.743. The van der Waals surface area contributed by atoms with E-state index in [9.17, 15) is 14.4 Å². The molecule has 0 spiro atoms. The molecule has 1 rings (SSSR count). The molecule has 1 amide bonds. The molecule has 3 atom stereocenters. The van der Waals surface area contributed by atoms with E-state index in [1.165, 1.54) is 21.0 Å². The minimum atomic E-state index is -0.669. The van der Waals surface area contributed by atoms with Crippen LogP contribution in [0, 0.1) is 0 Å². The van der Waals surface area contributed by atoms with Crippen LogP contribution < -0.4 is 5.32 Å². The van der Waals surface area contributed by atoms with Crippen LogP contribution in [0.25, 0.3) is 0 Å². The lowest BCUT2D eigenvalue weighted by atomic mass is 9.97. The topological polar surface area (TPSA) is 81.7 Å². The summed E-state index contributed by atoms with van der Waals surface area (Å²) in [7, 11) is 1.30. The van der Waals surface area contributed by atoms with Crippen molar-refractivity contribution >= 4 is 29.6 Å². The fourth-order valence-corrected chi connectivity index (χ4v) is 3.78. The molecule has 0 aromatic carbocycles. The number of ether oxygens (including phenoxy) is 2. The zero-order chi connectivity index (χ0) is 15.8. The summed E-state index contributed by atoms with van der Waals surface area (Å²) in [6, 6.07) is -0.669. The van der Waals surface area contributed by atoms with Gasteiger partial charge in [-0.3, -0.25) is 9.59 Å². The number of hydrogen-bond acceptors (Lipinski definition) is 6. The molecule has 1 saturated carbocycles. The second kappa shape index (κ2) is 8.92. The molecule has 0 aromatic heterocycles. The molecule has 1 fully saturated rings. The van der Waals surface area contributed by atoms with Crippen molar-refractivity contribution in [3.63, 3.8) is 0 Å². The zero-order valence-corrected chi connectivity index (χ0v) is 13.5. The van der Waals surface area contributed by atoms with Gasteiger partial charge >= 0.3 is 11.9 Å². The summed E-state index contributed by atoms with van der Waals surface area (Å²) >= 11 is 1.55. The van der Waals surface area contributed by atoms with E-state index in [-0.39, 0.29) is 23.2 Å². The van der Waals surface area contributed by atoms with Crippen molar-refractivity contribution in [3.05, 3.63) is 0 Å². The van der Waals surface area contributed by atoms with Crippen LogP contribution >= 0.6 is 11.8 Å². The maximum atomic E-state index is 11.6. The van der Waals surface area contributed by atoms with Crippen LogP contribution in [0.3, 0.4) is 0 Å². The normalized spacial score (nSPS) is 23.0. The van der Waals surface area contributed by atoms with Crippen LogP contribution in [0.1, 0.15) is 39.5 Å². The molecule has 0 saturated heterocycles. The molecule has 0 aromatic rings. The Labute approximate surface area is 129 Å². The average Bonchev–Trinajstić information content (AvgIpc) is 2.43. The van der Waals surface area contributed by atoms with E-state index in [1.807, 2.05) is 0 Å². The third-order valence-corrected chi connectivity index (χ3v) is 4.79. The summed E-state index contributed by atoms with van der Waals surface area (Å²) in [5.41, 5.74) is 0. The Balaban J connectivity index is 2.56. The monoisotopic (exact) mass is 317 g/mol. The number of carbonyl (C=O) groups excluding carboxylic acids is 3. The zero-order valence-electron chi connectivity index (χ0n) is 12.7. The fourth-order valence-electron chi connectivity index (χ4n) is 2.38. The highest BCUT2D eigenvalue weighted by Gasteiger charge is 2.30. The van der Waals surface area contributed by atoms with Crippen molar-refractivity contribution in [2.75, 3.05) is 12.9 Å². The van der Waals surface area contributed by atoms with Gasteiger partial charge in [0.15, 0.2) is 0 Å². The Hall–Kier alpha value is -1.24. The number of methoxy groups -OCH3 is 1. The highest BCUT2D eigenvalue weighted by molar-refractivity contribution is 8.00. The van der Waals surface area contributed by atoms with Crippen molar-refractivity contribution in [1.82, 2.24) is 5.32 Å². The van der Waals surface area contributed by atoms with Gasteiger partial charge in [-0.05, 0) is 19.3 Å². The first kappa shape index (κ1) is 17.8. The molecule has 3 unspecified atom stereocenters. The second-order valence-electron chi connectivity index (χ2n) is 5.08. The van der Waals surface area contributed by atoms with Gasteiger partial charge < -0.3 is 14.8 Å². The predicted molar refractivity (Wildman–Crippen MR) is 79.9 cm³/mol. The minimum Gasteiger partial charge on any atom is -0.467 e. The molecule has 1 aliphatic carbocycles. The van der Waals surface area contributed by atoms with Gasteiger partial charge in [-0.25, -0.2) is 4.79 Å². The molecule has 0 heterocycles. The highest BCUT2D eigenvalue weighted by Crippen LogP contribution is 2.31. The summed E-state index contributed by atoms with van der Waals surface area (Å²) in [4.78, 5) is 33.9. The number of carbonyl (C=O) groups is 3. The maximum Gasteiger partial charge on any atom is 0.329 e. The van der Waals surface area contributed by atoms with Crippen LogP contribution in [-0.2, 0) is 23.9 Å². The smallest absolute Gasteiger partial charge is 0.329 e. The van der Waals surface area contributed by atoms with E-state index in [0.717, 1.165) is 25.7 Å². The summed E-state index contributed by atoms with van der Waals surface area (Å²) in [5.74, 6) is -0.600. The van der Waals surface area contributed by atoms with Crippen LogP contribution in [0.5, 0.6) is 0 Å². The molecule has 6 nitrogen and oxygen atoms in total. The highest BCUT2D eigenvalue weighted by atomic mass is 32.2. The summed E-state index contributed by atoms with van der Waals surface area (Å²) < 4.78 is 10.0. The Bertz CT molecular complexity index is 388. The van der Waals surface area contributed by atoms with E-state index in [1.54, 1.807) is 11.8 Å².